The van der Waals surface area contributed by atoms with Crippen molar-refractivity contribution < 1.29 is 4.79 Å². The molecule has 2 heterocycles. The zero-order valence-corrected chi connectivity index (χ0v) is 16.6. The van der Waals surface area contributed by atoms with Crippen LogP contribution in [0.4, 0.5) is 5.69 Å². The second kappa shape index (κ2) is 6.82. The van der Waals surface area contributed by atoms with E-state index < -0.39 is 0 Å². The normalized spacial score (nSPS) is 11.2. The van der Waals surface area contributed by atoms with Gasteiger partial charge in [0.15, 0.2) is 0 Å². The summed E-state index contributed by atoms with van der Waals surface area (Å²) in [7, 11) is 0. The Hall–Kier alpha value is -3.09. The van der Waals surface area contributed by atoms with Crippen molar-refractivity contribution in [2.24, 2.45) is 0 Å². The van der Waals surface area contributed by atoms with E-state index in [1.165, 1.54) is 21.8 Å². The molecule has 1 amide bonds. The van der Waals surface area contributed by atoms with E-state index in [2.05, 4.69) is 34.8 Å². The number of rotatable bonds is 3. The molecule has 5 rings (SSSR count). The van der Waals surface area contributed by atoms with Crippen LogP contribution in [0.2, 0.25) is 0 Å². The monoisotopic (exact) mass is 401 g/mol. The van der Waals surface area contributed by atoms with Crippen LogP contribution >= 0.6 is 22.9 Å². The first kappa shape index (κ1) is 17.0. The summed E-state index contributed by atoms with van der Waals surface area (Å²) in [5.74, 6) is -0.137. The number of anilines is 1. The van der Waals surface area contributed by atoms with Crippen molar-refractivity contribution in [3.05, 3.63) is 77.2 Å². The average molecular weight is 402 g/mol. The molecule has 2 aromatic heterocycles. The van der Waals surface area contributed by atoms with E-state index in [1.807, 2.05) is 48.5 Å². The van der Waals surface area contributed by atoms with Gasteiger partial charge in [-0.15, -0.1) is 11.3 Å². The minimum absolute atomic E-state index is 0.137. The van der Waals surface area contributed by atoms with Gasteiger partial charge in [0, 0.05) is 16.6 Å². The molecule has 5 aromatic rings. The molecule has 0 aliphatic carbocycles. The lowest BCUT2D eigenvalue weighted by molar-refractivity contribution is 0.103. The highest BCUT2D eigenvalue weighted by Crippen LogP contribution is 2.31. The van der Waals surface area contributed by atoms with Crippen LogP contribution in [0, 0.1) is 6.92 Å². The number of nitrogens with one attached hydrogen (secondary N) is 1. The van der Waals surface area contributed by atoms with Crippen molar-refractivity contribution in [2.75, 3.05) is 5.32 Å². The van der Waals surface area contributed by atoms with E-state index in [0.29, 0.717) is 4.88 Å². The van der Waals surface area contributed by atoms with E-state index in [0.717, 1.165) is 32.7 Å². The molecule has 0 fully saturated rings. The largest absolute Gasteiger partial charge is 0.321 e. The molecule has 0 radical (unpaired) electrons. The summed E-state index contributed by atoms with van der Waals surface area (Å²) in [5, 5.41) is 4.82. The third kappa shape index (κ3) is 3.06. The van der Waals surface area contributed by atoms with Crippen LogP contribution in [0.1, 0.15) is 15.2 Å². The highest BCUT2D eigenvalue weighted by atomic mass is 32.1. The Morgan fingerprint density at radius 3 is 2.64 bits per heavy atom. The number of hydrogen-bond donors (Lipinski definition) is 1. The van der Waals surface area contributed by atoms with Crippen LogP contribution in [-0.4, -0.2) is 15.3 Å². The summed E-state index contributed by atoms with van der Waals surface area (Å²) in [6.07, 6.45) is 0. The highest BCUT2D eigenvalue weighted by Gasteiger charge is 2.14. The number of aryl methyl sites for hydroxylation is 1. The van der Waals surface area contributed by atoms with Crippen molar-refractivity contribution in [1.29, 1.82) is 0 Å². The molecule has 0 saturated heterocycles. The van der Waals surface area contributed by atoms with Gasteiger partial charge in [-0.3, -0.25) is 4.79 Å². The Balaban J connectivity index is 1.39. The molecule has 4 nitrogen and oxygen atoms in total. The van der Waals surface area contributed by atoms with Crippen LogP contribution in [0.25, 0.3) is 31.7 Å². The maximum absolute atomic E-state index is 12.6. The number of benzene rings is 3. The smallest absolute Gasteiger partial charge is 0.268 e. The van der Waals surface area contributed by atoms with E-state index in [-0.39, 0.29) is 5.91 Å². The molecule has 0 atom stereocenters. The van der Waals surface area contributed by atoms with Crippen LogP contribution in [0.3, 0.4) is 0 Å². The Kier molecular flexibility index (Phi) is 4.15. The van der Waals surface area contributed by atoms with Gasteiger partial charge in [-0.05, 0) is 66.5 Å². The van der Waals surface area contributed by atoms with Gasteiger partial charge in [-0.2, -0.15) is 4.37 Å². The standard InChI is InChI=1S/C22H15N3OS2/c1-13-6-11-18-19(12-13)27-22(24-18)14-7-9-15(10-8-14)23-21(26)20-16-4-2-3-5-17(16)25-28-20/h2-12H,1H3,(H,23,26). The molecule has 136 valence electrons. The molecule has 0 bridgehead atoms. The zero-order chi connectivity index (χ0) is 19.1. The summed E-state index contributed by atoms with van der Waals surface area (Å²) in [6.45, 7) is 2.09. The summed E-state index contributed by atoms with van der Waals surface area (Å²) >= 11 is 2.90. The summed E-state index contributed by atoms with van der Waals surface area (Å²) < 4.78 is 5.52. The quantitative estimate of drug-likeness (QED) is 0.395. The third-order valence-corrected chi connectivity index (χ3v) is 6.47. The van der Waals surface area contributed by atoms with Gasteiger partial charge in [-0.1, -0.05) is 24.3 Å². The molecule has 1 N–H and O–H groups in total. The number of carbonyl (C=O) groups excluding carboxylic acids is 1. The maximum atomic E-state index is 12.6. The van der Waals surface area contributed by atoms with E-state index in [9.17, 15) is 4.79 Å². The topological polar surface area (TPSA) is 54.9 Å². The van der Waals surface area contributed by atoms with Crippen LogP contribution in [0.5, 0.6) is 0 Å². The summed E-state index contributed by atoms with van der Waals surface area (Å²) in [5.41, 5.74) is 4.89. The first-order valence-electron chi connectivity index (χ1n) is 8.81. The lowest BCUT2D eigenvalue weighted by Gasteiger charge is -2.04. The minimum Gasteiger partial charge on any atom is -0.321 e. The second-order valence-electron chi connectivity index (χ2n) is 6.55. The van der Waals surface area contributed by atoms with Crippen molar-refractivity contribution >= 4 is 55.6 Å². The molecule has 28 heavy (non-hydrogen) atoms. The van der Waals surface area contributed by atoms with Crippen molar-refractivity contribution in [3.63, 3.8) is 0 Å². The van der Waals surface area contributed by atoms with Gasteiger partial charge in [0.1, 0.15) is 9.88 Å². The van der Waals surface area contributed by atoms with E-state index >= 15 is 0 Å². The van der Waals surface area contributed by atoms with Crippen LogP contribution < -0.4 is 5.32 Å². The third-order valence-electron chi connectivity index (χ3n) is 4.52. The van der Waals surface area contributed by atoms with Crippen molar-refractivity contribution in [3.8, 4) is 10.6 Å². The van der Waals surface area contributed by atoms with Crippen molar-refractivity contribution in [2.45, 2.75) is 6.92 Å². The summed E-state index contributed by atoms with van der Waals surface area (Å²) in [6, 6.07) is 21.8. The molecule has 0 saturated carbocycles. The molecule has 0 aliphatic heterocycles. The molecule has 6 heteroatoms. The molecular formula is C22H15N3OS2. The summed E-state index contributed by atoms with van der Waals surface area (Å²) in [4.78, 5) is 18.0. The van der Waals surface area contributed by atoms with Crippen LogP contribution in [0.15, 0.2) is 66.7 Å². The first-order chi connectivity index (χ1) is 13.7. The second-order valence-corrected chi connectivity index (χ2v) is 8.35. The number of fused-ring (bicyclic) bond motifs is 2. The number of aromatic nitrogens is 2. The maximum Gasteiger partial charge on any atom is 0.268 e. The predicted octanol–water partition coefficient (Wildman–Crippen LogP) is 6.13. The van der Waals surface area contributed by atoms with Gasteiger partial charge >= 0.3 is 0 Å². The lowest BCUT2D eigenvalue weighted by atomic mass is 10.2. The van der Waals surface area contributed by atoms with Gasteiger partial charge in [0.25, 0.3) is 5.91 Å². The van der Waals surface area contributed by atoms with Gasteiger partial charge in [-0.25, -0.2) is 4.98 Å². The highest BCUT2D eigenvalue weighted by molar-refractivity contribution is 7.21. The Morgan fingerprint density at radius 2 is 1.79 bits per heavy atom. The predicted molar refractivity (Wildman–Crippen MR) is 117 cm³/mol. The number of amides is 1. The number of hydrogen-bond acceptors (Lipinski definition) is 5. The van der Waals surface area contributed by atoms with E-state index in [1.54, 1.807) is 11.3 Å². The fourth-order valence-electron chi connectivity index (χ4n) is 3.09. The first-order valence-corrected chi connectivity index (χ1v) is 10.4. The Morgan fingerprint density at radius 1 is 0.964 bits per heavy atom. The average Bonchev–Trinajstić information content (AvgIpc) is 3.32. The lowest BCUT2D eigenvalue weighted by Crippen LogP contribution is -2.10. The fourth-order valence-corrected chi connectivity index (χ4v) is 4.92. The van der Waals surface area contributed by atoms with Gasteiger partial charge < -0.3 is 5.32 Å². The van der Waals surface area contributed by atoms with Crippen molar-refractivity contribution in [1.82, 2.24) is 9.36 Å². The Labute approximate surface area is 169 Å². The molecule has 3 aromatic carbocycles. The molecule has 0 unspecified atom stereocenters. The number of thiazole rings is 1. The number of nitrogens with zero attached hydrogens (tertiary/aromatic N) is 2. The minimum atomic E-state index is -0.137. The van der Waals surface area contributed by atoms with Gasteiger partial charge in [0.05, 0.1) is 15.7 Å². The van der Waals surface area contributed by atoms with E-state index in [4.69, 9.17) is 4.98 Å². The number of carbonyl (C=O) groups is 1. The molecular weight excluding hydrogens is 386 g/mol. The SMILES string of the molecule is Cc1ccc2nc(-c3ccc(NC(=O)c4snc5ccccc45)cc3)sc2c1. The molecule has 0 spiro atoms. The van der Waals surface area contributed by atoms with Gasteiger partial charge in [0.2, 0.25) is 0 Å². The fraction of sp³-hybridized carbons (Fsp3) is 0.0455. The zero-order valence-electron chi connectivity index (χ0n) is 15.0. The van der Waals surface area contributed by atoms with Crippen LogP contribution in [-0.2, 0) is 0 Å². The molecule has 0 aliphatic rings. The Bertz CT molecular complexity index is 1320.